The molecule has 0 aliphatic rings. The fourth-order valence-corrected chi connectivity index (χ4v) is 4.85. The van der Waals surface area contributed by atoms with Crippen LogP contribution in [0.15, 0.2) is 121 Å². The van der Waals surface area contributed by atoms with Crippen molar-refractivity contribution in [2.45, 2.75) is 51.0 Å². The predicted molar refractivity (Wildman–Crippen MR) is 183 cm³/mol. The van der Waals surface area contributed by atoms with Crippen LogP contribution in [0.2, 0.25) is 0 Å². The molecule has 4 amide bonds. The summed E-state index contributed by atoms with van der Waals surface area (Å²) < 4.78 is 10.7. The molecule has 0 aliphatic carbocycles. The van der Waals surface area contributed by atoms with Gasteiger partial charge in [-0.3, -0.25) is 9.59 Å². The number of rotatable bonds is 17. The third-order valence-electron chi connectivity index (χ3n) is 7.41. The average Bonchev–Trinajstić information content (AvgIpc) is 3.12. The standard InChI is InChI=1S/C38H42N4O6/c43-35(33(25-29-15-5-1-6-16-29)41-37(45)47-27-31-19-9-3-10-20-31)39-23-13-14-24-40-36(44)34(26-30-17-7-2-8-18-30)42-38(46)48-28-32-21-11-4-12-22-32/h1-12,15-22,33-34H,13-14,23-28H2,(H,39,43)(H,40,44)(H,41,45)(H,42,46)/t33-,34-/m0/s1. The molecule has 0 saturated heterocycles. The number of hydrogen-bond acceptors (Lipinski definition) is 6. The van der Waals surface area contributed by atoms with Gasteiger partial charge >= 0.3 is 12.2 Å². The van der Waals surface area contributed by atoms with Crippen LogP contribution in [0.25, 0.3) is 0 Å². The van der Waals surface area contributed by atoms with Crippen molar-refractivity contribution in [2.75, 3.05) is 13.1 Å². The molecular weight excluding hydrogens is 608 g/mol. The molecule has 4 rings (SSSR count). The molecule has 0 unspecified atom stereocenters. The fourth-order valence-electron chi connectivity index (χ4n) is 4.85. The van der Waals surface area contributed by atoms with Crippen molar-refractivity contribution < 1.29 is 28.7 Å². The van der Waals surface area contributed by atoms with Crippen molar-refractivity contribution >= 4 is 24.0 Å². The lowest BCUT2D eigenvalue weighted by atomic mass is 10.1. The number of nitrogens with one attached hydrogen (secondary N) is 4. The van der Waals surface area contributed by atoms with Gasteiger partial charge in [-0.2, -0.15) is 0 Å². The van der Waals surface area contributed by atoms with Crippen LogP contribution in [-0.4, -0.2) is 49.2 Å². The van der Waals surface area contributed by atoms with E-state index < -0.39 is 24.3 Å². The summed E-state index contributed by atoms with van der Waals surface area (Å²) in [7, 11) is 0. The number of hydrogen-bond donors (Lipinski definition) is 4. The Morgan fingerprint density at radius 3 is 1.10 bits per heavy atom. The van der Waals surface area contributed by atoms with E-state index in [1.54, 1.807) is 0 Å². The molecular formula is C38H42N4O6. The molecule has 0 heterocycles. The molecule has 0 aliphatic heterocycles. The highest BCUT2D eigenvalue weighted by Crippen LogP contribution is 2.07. The van der Waals surface area contributed by atoms with Gasteiger partial charge in [0.25, 0.3) is 0 Å². The maximum absolute atomic E-state index is 13.1. The number of carbonyl (C=O) groups is 4. The minimum atomic E-state index is -0.832. The Morgan fingerprint density at radius 2 is 0.771 bits per heavy atom. The first-order valence-corrected chi connectivity index (χ1v) is 16.0. The zero-order chi connectivity index (χ0) is 33.8. The van der Waals surface area contributed by atoms with Gasteiger partial charge in [0.15, 0.2) is 0 Å². The lowest BCUT2D eigenvalue weighted by Crippen LogP contribution is -2.49. The van der Waals surface area contributed by atoms with Gasteiger partial charge in [-0.05, 0) is 35.1 Å². The molecule has 0 saturated carbocycles. The molecule has 4 N–H and O–H groups in total. The van der Waals surface area contributed by atoms with Gasteiger partial charge in [0.05, 0.1) is 0 Å². The van der Waals surface area contributed by atoms with Crippen LogP contribution in [0.1, 0.15) is 35.1 Å². The first kappa shape index (κ1) is 35.2. The van der Waals surface area contributed by atoms with Crippen molar-refractivity contribution in [1.29, 1.82) is 0 Å². The van der Waals surface area contributed by atoms with E-state index in [4.69, 9.17) is 9.47 Å². The minimum Gasteiger partial charge on any atom is -0.445 e. The molecule has 0 bridgehead atoms. The van der Waals surface area contributed by atoms with E-state index in [-0.39, 0.29) is 25.0 Å². The maximum Gasteiger partial charge on any atom is 0.408 e. The lowest BCUT2D eigenvalue weighted by molar-refractivity contribution is -0.124. The van der Waals surface area contributed by atoms with Crippen LogP contribution < -0.4 is 21.3 Å². The van der Waals surface area contributed by atoms with Crippen LogP contribution in [0.5, 0.6) is 0 Å². The Morgan fingerprint density at radius 1 is 0.458 bits per heavy atom. The van der Waals surface area contributed by atoms with Gasteiger partial charge in [0.1, 0.15) is 25.3 Å². The molecule has 4 aromatic carbocycles. The second-order valence-electron chi connectivity index (χ2n) is 11.2. The van der Waals surface area contributed by atoms with E-state index in [0.29, 0.717) is 38.8 Å². The van der Waals surface area contributed by atoms with Crippen molar-refractivity contribution in [3.05, 3.63) is 144 Å². The van der Waals surface area contributed by atoms with E-state index >= 15 is 0 Å². The molecule has 0 spiro atoms. The van der Waals surface area contributed by atoms with Crippen LogP contribution >= 0.6 is 0 Å². The third-order valence-corrected chi connectivity index (χ3v) is 7.41. The highest BCUT2D eigenvalue weighted by atomic mass is 16.6. The van der Waals surface area contributed by atoms with E-state index in [1.165, 1.54) is 0 Å². The molecule has 0 aromatic heterocycles. The summed E-state index contributed by atoms with van der Waals surface area (Å²) in [6.07, 6.45) is 0.400. The molecule has 4 aromatic rings. The Hall–Kier alpha value is -5.64. The Balaban J connectivity index is 1.22. The smallest absolute Gasteiger partial charge is 0.408 e. The van der Waals surface area contributed by atoms with Gasteiger partial charge < -0.3 is 30.7 Å². The Bertz CT molecular complexity index is 1440. The maximum atomic E-state index is 13.1. The van der Waals surface area contributed by atoms with E-state index in [9.17, 15) is 19.2 Å². The summed E-state index contributed by atoms with van der Waals surface area (Å²) in [5, 5.41) is 11.2. The minimum absolute atomic E-state index is 0.0919. The largest absolute Gasteiger partial charge is 0.445 e. The normalized spacial score (nSPS) is 11.8. The number of carbonyl (C=O) groups excluding carboxylic acids is 4. The second-order valence-corrected chi connectivity index (χ2v) is 11.2. The Labute approximate surface area is 281 Å². The molecule has 10 nitrogen and oxygen atoms in total. The zero-order valence-corrected chi connectivity index (χ0v) is 26.8. The SMILES string of the molecule is O=C(N[C@@H](Cc1ccccc1)C(=O)NCCCCNC(=O)[C@H](Cc1ccccc1)NC(=O)OCc1ccccc1)OCc1ccccc1. The summed E-state index contributed by atoms with van der Waals surface area (Å²) in [6.45, 7) is 0.875. The molecule has 10 heteroatoms. The summed E-state index contributed by atoms with van der Waals surface area (Å²) in [6, 6.07) is 35.8. The summed E-state index contributed by atoms with van der Waals surface area (Å²) >= 11 is 0. The van der Waals surface area contributed by atoms with Crippen LogP contribution in [0, 0.1) is 0 Å². The number of ether oxygens (including phenoxy) is 2. The number of amides is 4. The number of benzene rings is 4. The van der Waals surface area contributed by atoms with E-state index in [0.717, 1.165) is 22.3 Å². The topological polar surface area (TPSA) is 135 Å². The summed E-state index contributed by atoms with van der Waals surface area (Å²) in [5.74, 6) is -0.665. The van der Waals surface area contributed by atoms with Crippen LogP contribution in [0.3, 0.4) is 0 Å². The molecule has 0 radical (unpaired) electrons. The molecule has 250 valence electrons. The first-order chi connectivity index (χ1) is 23.5. The Kier molecular flexibility index (Phi) is 14.5. The van der Waals surface area contributed by atoms with Gasteiger partial charge in [-0.25, -0.2) is 9.59 Å². The molecule has 0 fully saturated rings. The van der Waals surface area contributed by atoms with Gasteiger partial charge in [-0.1, -0.05) is 121 Å². The van der Waals surface area contributed by atoms with E-state index in [1.807, 2.05) is 121 Å². The van der Waals surface area contributed by atoms with Crippen molar-refractivity contribution in [2.24, 2.45) is 0 Å². The average molecular weight is 651 g/mol. The third kappa shape index (κ3) is 13.0. The van der Waals surface area contributed by atoms with Gasteiger partial charge in [-0.15, -0.1) is 0 Å². The molecule has 2 atom stereocenters. The van der Waals surface area contributed by atoms with Crippen molar-refractivity contribution in [1.82, 2.24) is 21.3 Å². The fraction of sp³-hybridized carbons (Fsp3) is 0.263. The lowest BCUT2D eigenvalue weighted by Gasteiger charge is -2.19. The summed E-state index contributed by atoms with van der Waals surface area (Å²) in [4.78, 5) is 51.3. The number of unbranched alkanes of at least 4 members (excludes halogenated alkanes) is 1. The van der Waals surface area contributed by atoms with Crippen molar-refractivity contribution in [3.63, 3.8) is 0 Å². The zero-order valence-electron chi connectivity index (χ0n) is 26.8. The number of alkyl carbamates (subject to hydrolysis) is 2. The first-order valence-electron chi connectivity index (χ1n) is 16.0. The highest BCUT2D eigenvalue weighted by molar-refractivity contribution is 5.86. The van der Waals surface area contributed by atoms with Gasteiger partial charge in [0.2, 0.25) is 11.8 Å². The van der Waals surface area contributed by atoms with Crippen LogP contribution in [0.4, 0.5) is 9.59 Å². The molecule has 48 heavy (non-hydrogen) atoms. The van der Waals surface area contributed by atoms with Crippen molar-refractivity contribution in [3.8, 4) is 0 Å². The van der Waals surface area contributed by atoms with Crippen LogP contribution in [-0.2, 0) is 45.1 Å². The quantitative estimate of drug-likeness (QED) is 0.118. The monoisotopic (exact) mass is 650 g/mol. The van der Waals surface area contributed by atoms with E-state index in [2.05, 4.69) is 21.3 Å². The second kappa shape index (κ2) is 19.8. The van der Waals surface area contributed by atoms with Gasteiger partial charge in [0, 0.05) is 25.9 Å². The highest BCUT2D eigenvalue weighted by Gasteiger charge is 2.23. The summed E-state index contributed by atoms with van der Waals surface area (Å²) in [5.41, 5.74) is 3.47. The predicted octanol–water partition coefficient (Wildman–Crippen LogP) is 5.07.